The number of para-hydroxylation sites is 3. The highest BCUT2D eigenvalue weighted by Crippen LogP contribution is 2.28. The fourth-order valence-corrected chi connectivity index (χ4v) is 2.67. The normalized spacial score (nSPS) is 10.4. The molecule has 0 unspecified atom stereocenters. The molecule has 0 saturated carbocycles. The number of carbonyl (C=O) groups is 1. The van der Waals surface area contributed by atoms with Crippen LogP contribution in [0.2, 0.25) is 0 Å². The van der Waals surface area contributed by atoms with Gasteiger partial charge >= 0.3 is 0 Å². The standard InChI is InChI=1S/C22H22N2O2/c1-3-18-14-13-17(2)24(15-18)16-22(25)23-20-11-7-8-12-21(20)26-19-9-5-4-6-10-19/h4-15H,3,16H2,1-2H3/p+1. The number of pyridine rings is 1. The van der Waals surface area contributed by atoms with Crippen LogP contribution < -0.4 is 14.6 Å². The molecule has 1 amide bonds. The highest BCUT2D eigenvalue weighted by Gasteiger charge is 2.15. The maximum atomic E-state index is 12.6. The molecule has 4 heteroatoms. The topological polar surface area (TPSA) is 42.2 Å². The Balaban J connectivity index is 1.74. The van der Waals surface area contributed by atoms with Crippen LogP contribution in [0.15, 0.2) is 72.9 Å². The van der Waals surface area contributed by atoms with Crippen molar-refractivity contribution in [3.63, 3.8) is 0 Å². The lowest BCUT2D eigenvalue weighted by Crippen LogP contribution is -2.43. The van der Waals surface area contributed by atoms with Crippen molar-refractivity contribution in [3.05, 3.63) is 84.2 Å². The van der Waals surface area contributed by atoms with Crippen molar-refractivity contribution < 1.29 is 14.1 Å². The first-order chi connectivity index (χ1) is 12.7. The Morgan fingerprint density at radius 1 is 1.00 bits per heavy atom. The van der Waals surface area contributed by atoms with Crippen LogP contribution >= 0.6 is 0 Å². The number of anilines is 1. The van der Waals surface area contributed by atoms with Gasteiger partial charge in [-0.25, -0.2) is 0 Å². The summed E-state index contributed by atoms with van der Waals surface area (Å²) < 4.78 is 7.87. The number of hydrogen-bond acceptors (Lipinski definition) is 2. The van der Waals surface area contributed by atoms with Gasteiger partial charge in [0.1, 0.15) is 5.75 Å². The molecule has 0 radical (unpaired) electrons. The van der Waals surface area contributed by atoms with Crippen molar-refractivity contribution in [2.24, 2.45) is 0 Å². The molecular formula is C22H23N2O2+. The van der Waals surface area contributed by atoms with Gasteiger partial charge in [0.05, 0.1) is 5.69 Å². The van der Waals surface area contributed by atoms with E-state index in [-0.39, 0.29) is 12.5 Å². The summed E-state index contributed by atoms with van der Waals surface area (Å²) in [6, 6.07) is 21.1. The van der Waals surface area contributed by atoms with Gasteiger partial charge in [-0.2, -0.15) is 4.57 Å². The van der Waals surface area contributed by atoms with Gasteiger partial charge in [0.2, 0.25) is 6.54 Å². The SMILES string of the molecule is CCc1ccc(C)[n+](CC(=O)Nc2ccccc2Oc2ccccc2)c1. The third-order valence-electron chi connectivity index (χ3n) is 4.17. The summed E-state index contributed by atoms with van der Waals surface area (Å²) in [6.07, 6.45) is 2.97. The van der Waals surface area contributed by atoms with E-state index in [1.165, 1.54) is 5.56 Å². The van der Waals surface area contributed by atoms with Gasteiger partial charge in [-0.15, -0.1) is 0 Å². The maximum absolute atomic E-state index is 12.6. The zero-order valence-corrected chi connectivity index (χ0v) is 15.1. The second kappa shape index (κ2) is 8.30. The lowest BCUT2D eigenvalue weighted by atomic mass is 10.2. The summed E-state index contributed by atoms with van der Waals surface area (Å²) in [6.45, 7) is 4.37. The number of nitrogens with zero attached hydrogens (tertiary/aromatic N) is 1. The molecule has 0 fully saturated rings. The number of ether oxygens (including phenoxy) is 1. The van der Waals surface area contributed by atoms with Crippen LogP contribution in [-0.4, -0.2) is 5.91 Å². The summed E-state index contributed by atoms with van der Waals surface area (Å²) in [5, 5.41) is 2.96. The Bertz CT molecular complexity index is 892. The van der Waals surface area contributed by atoms with Gasteiger partial charge in [0.25, 0.3) is 5.91 Å². The molecule has 132 valence electrons. The zero-order valence-electron chi connectivity index (χ0n) is 15.1. The zero-order chi connectivity index (χ0) is 18.4. The molecule has 1 N–H and O–H groups in total. The van der Waals surface area contributed by atoms with Crippen LogP contribution in [-0.2, 0) is 17.8 Å². The fraction of sp³-hybridized carbons (Fsp3) is 0.182. The van der Waals surface area contributed by atoms with Crippen molar-refractivity contribution >= 4 is 11.6 Å². The molecule has 1 heterocycles. The first-order valence-corrected chi connectivity index (χ1v) is 8.76. The highest BCUT2D eigenvalue weighted by molar-refractivity contribution is 5.91. The van der Waals surface area contributed by atoms with Crippen LogP contribution in [0.1, 0.15) is 18.2 Å². The van der Waals surface area contributed by atoms with E-state index in [4.69, 9.17) is 4.74 Å². The van der Waals surface area contributed by atoms with Crippen molar-refractivity contribution in [1.82, 2.24) is 0 Å². The number of aromatic nitrogens is 1. The summed E-state index contributed by atoms with van der Waals surface area (Å²) in [7, 11) is 0. The Labute approximate surface area is 154 Å². The van der Waals surface area contributed by atoms with Gasteiger partial charge in [-0.3, -0.25) is 4.79 Å². The van der Waals surface area contributed by atoms with Gasteiger partial charge < -0.3 is 10.1 Å². The third kappa shape index (κ3) is 4.48. The number of aryl methyl sites for hydroxylation is 2. The summed E-state index contributed by atoms with van der Waals surface area (Å²) in [5.74, 6) is 1.27. The molecule has 0 bridgehead atoms. The summed E-state index contributed by atoms with van der Waals surface area (Å²) in [5.41, 5.74) is 2.91. The Hall–Kier alpha value is -3.14. The molecule has 1 aromatic heterocycles. The van der Waals surface area contributed by atoms with Crippen molar-refractivity contribution in [1.29, 1.82) is 0 Å². The van der Waals surface area contributed by atoms with E-state index in [1.54, 1.807) is 0 Å². The Kier molecular flexibility index (Phi) is 5.64. The van der Waals surface area contributed by atoms with Crippen LogP contribution in [0.25, 0.3) is 0 Å². The third-order valence-corrected chi connectivity index (χ3v) is 4.17. The van der Waals surface area contributed by atoms with Crippen LogP contribution in [0.3, 0.4) is 0 Å². The molecule has 0 aliphatic heterocycles. The Morgan fingerprint density at radius 2 is 1.73 bits per heavy atom. The number of carbonyl (C=O) groups excluding carboxylic acids is 1. The maximum Gasteiger partial charge on any atom is 0.290 e. The first-order valence-electron chi connectivity index (χ1n) is 8.76. The Morgan fingerprint density at radius 3 is 2.50 bits per heavy atom. The minimum Gasteiger partial charge on any atom is -0.455 e. The van der Waals surface area contributed by atoms with Crippen LogP contribution in [0.4, 0.5) is 5.69 Å². The lowest BCUT2D eigenvalue weighted by Gasteiger charge is -2.11. The fourth-order valence-electron chi connectivity index (χ4n) is 2.67. The molecule has 26 heavy (non-hydrogen) atoms. The molecule has 0 saturated heterocycles. The van der Waals surface area contributed by atoms with Crippen molar-refractivity contribution in [2.75, 3.05) is 5.32 Å². The largest absolute Gasteiger partial charge is 0.455 e. The molecule has 3 aromatic rings. The molecule has 0 atom stereocenters. The predicted octanol–water partition coefficient (Wildman–Crippen LogP) is 4.28. The molecule has 4 nitrogen and oxygen atoms in total. The minimum atomic E-state index is -0.0875. The van der Waals surface area contributed by atoms with Crippen molar-refractivity contribution in [2.45, 2.75) is 26.8 Å². The van der Waals surface area contributed by atoms with Gasteiger partial charge in [0.15, 0.2) is 17.6 Å². The van der Waals surface area contributed by atoms with E-state index in [9.17, 15) is 4.79 Å². The second-order valence-electron chi connectivity index (χ2n) is 6.12. The average Bonchev–Trinajstić information content (AvgIpc) is 2.66. The van der Waals surface area contributed by atoms with Crippen LogP contribution in [0, 0.1) is 6.92 Å². The molecule has 2 aromatic carbocycles. The molecule has 3 rings (SSSR count). The summed E-state index contributed by atoms with van der Waals surface area (Å²) >= 11 is 0. The van der Waals surface area contributed by atoms with E-state index in [2.05, 4.69) is 18.3 Å². The molecule has 0 aliphatic carbocycles. The number of nitrogens with one attached hydrogen (secondary N) is 1. The van der Waals surface area contributed by atoms with E-state index in [0.717, 1.165) is 17.9 Å². The molecule has 0 spiro atoms. The van der Waals surface area contributed by atoms with Gasteiger partial charge in [-0.05, 0) is 36.8 Å². The van der Waals surface area contributed by atoms with Gasteiger partial charge in [0, 0.05) is 18.6 Å². The summed E-state index contributed by atoms with van der Waals surface area (Å²) in [4.78, 5) is 12.6. The minimum absolute atomic E-state index is 0.0875. The average molecular weight is 347 g/mol. The number of benzene rings is 2. The lowest BCUT2D eigenvalue weighted by molar-refractivity contribution is -0.690. The van der Waals surface area contributed by atoms with Gasteiger partial charge in [-0.1, -0.05) is 37.3 Å². The number of hydrogen-bond donors (Lipinski definition) is 1. The van der Waals surface area contributed by atoms with E-state index >= 15 is 0 Å². The molecular weight excluding hydrogens is 324 g/mol. The van der Waals surface area contributed by atoms with E-state index < -0.39 is 0 Å². The number of rotatable bonds is 6. The number of amides is 1. The smallest absolute Gasteiger partial charge is 0.290 e. The molecule has 0 aliphatic rings. The second-order valence-corrected chi connectivity index (χ2v) is 6.12. The van der Waals surface area contributed by atoms with E-state index in [1.807, 2.05) is 78.4 Å². The quantitative estimate of drug-likeness (QED) is 0.677. The highest BCUT2D eigenvalue weighted by atomic mass is 16.5. The first kappa shape index (κ1) is 17.7. The van der Waals surface area contributed by atoms with Crippen LogP contribution in [0.5, 0.6) is 11.5 Å². The van der Waals surface area contributed by atoms with E-state index in [0.29, 0.717) is 11.4 Å². The monoisotopic (exact) mass is 347 g/mol. The predicted molar refractivity (Wildman–Crippen MR) is 102 cm³/mol. The van der Waals surface area contributed by atoms with Crippen molar-refractivity contribution in [3.8, 4) is 11.5 Å².